The number of aryl methyl sites for hydroxylation is 1. The Balaban J connectivity index is 1.56. The molecule has 22 heavy (non-hydrogen) atoms. The van der Waals surface area contributed by atoms with E-state index in [0.717, 1.165) is 19.4 Å². The number of fused-ring (bicyclic) bond motifs is 1. The summed E-state index contributed by atoms with van der Waals surface area (Å²) in [5.41, 5.74) is 0.447. The molecule has 0 saturated carbocycles. The van der Waals surface area contributed by atoms with Crippen LogP contribution in [0, 0.1) is 0 Å². The molecule has 1 atom stereocenters. The number of benzene rings is 1. The van der Waals surface area contributed by atoms with Gasteiger partial charge >= 0.3 is 5.97 Å². The summed E-state index contributed by atoms with van der Waals surface area (Å²) in [6, 6.07) is 7.13. The quantitative estimate of drug-likeness (QED) is 0.848. The Labute approximate surface area is 127 Å². The number of nitrogens with one attached hydrogen (secondary N) is 1. The van der Waals surface area contributed by atoms with Gasteiger partial charge in [0.25, 0.3) is 5.56 Å². The summed E-state index contributed by atoms with van der Waals surface area (Å²) in [5.74, 6) is 0.198. The fourth-order valence-corrected chi connectivity index (χ4v) is 2.51. The number of nitrogens with zero attached hydrogens (tertiary/aromatic N) is 1. The van der Waals surface area contributed by atoms with E-state index in [0.29, 0.717) is 29.8 Å². The van der Waals surface area contributed by atoms with E-state index in [1.807, 2.05) is 6.07 Å². The number of esters is 1. The third-order valence-corrected chi connectivity index (χ3v) is 3.68. The van der Waals surface area contributed by atoms with Crippen molar-refractivity contribution in [3.63, 3.8) is 0 Å². The van der Waals surface area contributed by atoms with Gasteiger partial charge < -0.3 is 14.5 Å². The summed E-state index contributed by atoms with van der Waals surface area (Å²) in [4.78, 5) is 30.7. The molecule has 1 aliphatic heterocycles. The highest BCUT2D eigenvalue weighted by Crippen LogP contribution is 2.12. The Bertz CT molecular complexity index is 719. The molecule has 0 radical (unpaired) electrons. The maximum absolute atomic E-state index is 11.9. The van der Waals surface area contributed by atoms with Crippen molar-refractivity contribution in [1.82, 2.24) is 9.97 Å². The molecule has 0 spiro atoms. The SMILES string of the molecule is O=C(CCc1nc2ccccc2c(=O)[nH]1)OC[C@H]1CCCO1. The summed E-state index contributed by atoms with van der Waals surface area (Å²) in [7, 11) is 0. The smallest absolute Gasteiger partial charge is 0.306 e. The van der Waals surface area contributed by atoms with Crippen LogP contribution in [0.25, 0.3) is 10.9 Å². The molecule has 1 aromatic carbocycles. The van der Waals surface area contributed by atoms with Crippen LogP contribution in [0.4, 0.5) is 0 Å². The van der Waals surface area contributed by atoms with Crippen LogP contribution in [-0.2, 0) is 20.7 Å². The number of aromatic nitrogens is 2. The van der Waals surface area contributed by atoms with E-state index in [1.165, 1.54) is 0 Å². The Morgan fingerprint density at radius 1 is 1.41 bits per heavy atom. The first-order chi connectivity index (χ1) is 10.7. The van der Waals surface area contributed by atoms with Crippen LogP contribution in [0.15, 0.2) is 29.1 Å². The molecule has 2 aromatic rings. The molecule has 1 N–H and O–H groups in total. The zero-order valence-corrected chi connectivity index (χ0v) is 12.2. The standard InChI is InChI=1S/C16H18N2O4/c19-15(22-10-11-4-3-9-21-11)8-7-14-17-13-6-2-1-5-12(13)16(20)18-14/h1-2,5-6,11H,3-4,7-10H2,(H,17,18,20)/t11-/m1/s1. The van der Waals surface area contributed by atoms with Crippen LogP contribution in [0.5, 0.6) is 0 Å². The lowest BCUT2D eigenvalue weighted by atomic mass is 10.2. The van der Waals surface area contributed by atoms with Crippen LogP contribution in [0.1, 0.15) is 25.1 Å². The lowest BCUT2D eigenvalue weighted by Crippen LogP contribution is -2.19. The van der Waals surface area contributed by atoms with Crippen LogP contribution in [0.2, 0.25) is 0 Å². The van der Waals surface area contributed by atoms with E-state index in [4.69, 9.17) is 9.47 Å². The van der Waals surface area contributed by atoms with Crippen LogP contribution in [0.3, 0.4) is 0 Å². The number of para-hydroxylation sites is 1. The van der Waals surface area contributed by atoms with Gasteiger partial charge in [-0.05, 0) is 25.0 Å². The lowest BCUT2D eigenvalue weighted by Gasteiger charge is -2.10. The maximum Gasteiger partial charge on any atom is 0.306 e. The van der Waals surface area contributed by atoms with E-state index in [-0.39, 0.29) is 24.1 Å². The Morgan fingerprint density at radius 3 is 3.09 bits per heavy atom. The first-order valence-electron chi connectivity index (χ1n) is 7.47. The molecule has 0 unspecified atom stereocenters. The molecule has 1 saturated heterocycles. The summed E-state index contributed by atoms with van der Waals surface area (Å²) in [5, 5.41) is 0.548. The molecule has 116 valence electrons. The minimum absolute atomic E-state index is 0.0301. The number of H-pyrrole nitrogens is 1. The second-order valence-electron chi connectivity index (χ2n) is 5.35. The topological polar surface area (TPSA) is 81.3 Å². The second kappa shape index (κ2) is 6.70. The fourth-order valence-electron chi connectivity index (χ4n) is 2.51. The zero-order chi connectivity index (χ0) is 15.4. The Morgan fingerprint density at radius 2 is 2.27 bits per heavy atom. The molecule has 6 heteroatoms. The van der Waals surface area contributed by atoms with Gasteiger partial charge in [0.2, 0.25) is 0 Å². The van der Waals surface area contributed by atoms with Crippen LogP contribution < -0.4 is 5.56 Å². The van der Waals surface area contributed by atoms with Crippen LogP contribution in [-0.4, -0.2) is 35.3 Å². The fraction of sp³-hybridized carbons (Fsp3) is 0.438. The van der Waals surface area contributed by atoms with E-state index in [9.17, 15) is 9.59 Å². The number of carbonyl (C=O) groups excluding carboxylic acids is 1. The summed E-state index contributed by atoms with van der Waals surface area (Å²) in [6.45, 7) is 1.05. The van der Waals surface area contributed by atoms with Crippen molar-refractivity contribution in [2.75, 3.05) is 13.2 Å². The molecule has 1 aliphatic rings. The van der Waals surface area contributed by atoms with Crippen LogP contribution >= 0.6 is 0 Å². The summed E-state index contributed by atoms with van der Waals surface area (Å²) in [6.07, 6.45) is 2.53. The molecule has 3 rings (SSSR count). The van der Waals surface area contributed by atoms with Crippen molar-refractivity contribution >= 4 is 16.9 Å². The van der Waals surface area contributed by atoms with Crippen molar-refractivity contribution in [2.24, 2.45) is 0 Å². The minimum Gasteiger partial charge on any atom is -0.463 e. The Kier molecular flexibility index (Phi) is 4.48. The average Bonchev–Trinajstić information content (AvgIpc) is 3.04. The first-order valence-corrected chi connectivity index (χ1v) is 7.47. The number of ether oxygens (including phenoxy) is 2. The number of aromatic amines is 1. The second-order valence-corrected chi connectivity index (χ2v) is 5.35. The van der Waals surface area contributed by atoms with Gasteiger partial charge in [-0.15, -0.1) is 0 Å². The molecule has 2 heterocycles. The lowest BCUT2D eigenvalue weighted by molar-refractivity contribution is -0.146. The maximum atomic E-state index is 11.9. The van der Waals surface area contributed by atoms with Gasteiger partial charge in [-0.25, -0.2) is 4.98 Å². The van der Waals surface area contributed by atoms with E-state index >= 15 is 0 Å². The summed E-state index contributed by atoms with van der Waals surface area (Å²) < 4.78 is 10.6. The largest absolute Gasteiger partial charge is 0.463 e. The number of hydrogen-bond acceptors (Lipinski definition) is 5. The predicted octanol–water partition coefficient (Wildman–Crippen LogP) is 1.58. The van der Waals surface area contributed by atoms with Gasteiger partial charge in [-0.3, -0.25) is 9.59 Å². The number of rotatable bonds is 5. The van der Waals surface area contributed by atoms with Gasteiger partial charge in [-0.1, -0.05) is 12.1 Å². The third-order valence-electron chi connectivity index (χ3n) is 3.68. The highest BCUT2D eigenvalue weighted by molar-refractivity contribution is 5.77. The normalized spacial score (nSPS) is 17.7. The molecule has 1 fully saturated rings. The van der Waals surface area contributed by atoms with Crippen molar-refractivity contribution in [3.8, 4) is 0 Å². The highest BCUT2D eigenvalue weighted by Gasteiger charge is 2.17. The van der Waals surface area contributed by atoms with Gasteiger partial charge in [0.15, 0.2) is 0 Å². The van der Waals surface area contributed by atoms with Crippen molar-refractivity contribution in [1.29, 1.82) is 0 Å². The van der Waals surface area contributed by atoms with Crippen molar-refractivity contribution in [3.05, 3.63) is 40.4 Å². The van der Waals surface area contributed by atoms with Crippen molar-refractivity contribution < 1.29 is 14.3 Å². The van der Waals surface area contributed by atoms with E-state index < -0.39 is 0 Å². The van der Waals surface area contributed by atoms with Gasteiger partial charge in [-0.2, -0.15) is 0 Å². The Hall–Kier alpha value is -2.21. The highest BCUT2D eigenvalue weighted by atomic mass is 16.6. The van der Waals surface area contributed by atoms with E-state index in [2.05, 4.69) is 9.97 Å². The summed E-state index contributed by atoms with van der Waals surface area (Å²) >= 11 is 0. The molecule has 1 aromatic heterocycles. The molecular formula is C16H18N2O4. The van der Waals surface area contributed by atoms with E-state index in [1.54, 1.807) is 18.2 Å². The number of hydrogen-bond donors (Lipinski definition) is 1. The predicted molar refractivity (Wildman–Crippen MR) is 80.6 cm³/mol. The van der Waals surface area contributed by atoms with Gasteiger partial charge in [0, 0.05) is 13.0 Å². The molecule has 6 nitrogen and oxygen atoms in total. The molecule has 0 aliphatic carbocycles. The minimum atomic E-state index is -0.300. The molecule has 0 amide bonds. The number of carbonyl (C=O) groups is 1. The van der Waals surface area contributed by atoms with Crippen molar-refractivity contribution in [2.45, 2.75) is 31.8 Å². The van der Waals surface area contributed by atoms with Gasteiger partial charge in [0.05, 0.1) is 23.4 Å². The van der Waals surface area contributed by atoms with Gasteiger partial charge in [0.1, 0.15) is 12.4 Å². The zero-order valence-electron chi connectivity index (χ0n) is 12.2. The first kappa shape index (κ1) is 14.7. The molecule has 0 bridgehead atoms. The monoisotopic (exact) mass is 302 g/mol. The molecular weight excluding hydrogens is 284 g/mol. The average molecular weight is 302 g/mol. The third kappa shape index (κ3) is 3.51.